The van der Waals surface area contributed by atoms with E-state index in [4.69, 9.17) is 4.99 Å². The Labute approximate surface area is 186 Å². The fourth-order valence-electron chi connectivity index (χ4n) is 4.24. The summed E-state index contributed by atoms with van der Waals surface area (Å²) in [4.78, 5) is 20.8. The maximum atomic E-state index is 4.93. The van der Waals surface area contributed by atoms with Gasteiger partial charge in [-0.15, -0.1) is 0 Å². The zero-order chi connectivity index (χ0) is 21.5. The van der Waals surface area contributed by atoms with Crippen molar-refractivity contribution >= 4 is 17.6 Å². The van der Waals surface area contributed by atoms with Crippen LogP contribution in [0.4, 0.5) is 11.6 Å². The van der Waals surface area contributed by atoms with Crippen LogP contribution in [0, 0.1) is 5.92 Å². The number of piperidine rings is 1. The number of aromatic nitrogens is 2. The molecule has 0 saturated carbocycles. The second-order valence-corrected chi connectivity index (χ2v) is 8.53. The van der Waals surface area contributed by atoms with Gasteiger partial charge in [0.05, 0.1) is 6.54 Å². The third-order valence-electron chi connectivity index (χ3n) is 6.25. The van der Waals surface area contributed by atoms with Gasteiger partial charge in [-0.2, -0.15) is 0 Å². The molecular formula is C24H35N7. The second-order valence-electron chi connectivity index (χ2n) is 8.53. The Kier molecular flexibility index (Phi) is 7.22. The van der Waals surface area contributed by atoms with Crippen molar-refractivity contribution in [3.8, 4) is 0 Å². The lowest BCUT2D eigenvalue weighted by Gasteiger charge is -2.36. The Morgan fingerprint density at radius 2 is 1.65 bits per heavy atom. The number of rotatable bonds is 5. The summed E-state index contributed by atoms with van der Waals surface area (Å²) in [6, 6.07) is 10.8. The minimum atomic E-state index is 0.696. The van der Waals surface area contributed by atoms with E-state index in [0.717, 1.165) is 50.5 Å². The van der Waals surface area contributed by atoms with Gasteiger partial charge in [0.2, 0.25) is 5.95 Å². The highest BCUT2D eigenvalue weighted by molar-refractivity contribution is 5.80. The van der Waals surface area contributed by atoms with Crippen LogP contribution in [-0.2, 0) is 6.54 Å². The molecule has 2 aliphatic heterocycles. The van der Waals surface area contributed by atoms with Crippen molar-refractivity contribution in [2.45, 2.75) is 33.2 Å². The number of hydrogen-bond acceptors (Lipinski definition) is 5. The number of anilines is 2. The molecule has 1 N–H and O–H groups in total. The first-order chi connectivity index (χ1) is 15.2. The van der Waals surface area contributed by atoms with Gasteiger partial charge in [-0.05, 0) is 49.4 Å². The molecule has 0 bridgehead atoms. The van der Waals surface area contributed by atoms with E-state index in [0.29, 0.717) is 6.54 Å². The van der Waals surface area contributed by atoms with Crippen LogP contribution in [0.3, 0.4) is 0 Å². The van der Waals surface area contributed by atoms with Gasteiger partial charge in [0.15, 0.2) is 5.96 Å². The average Bonchev–Trinajstić information content (AvgIpc) is 2.83. The summed E-state index contributed by atoms with van der Waals surface area (Å²) in [5, 5.41) is 3.46. The Balaban J connectivity index is 1.33. The second kappa shape index (κ2) is 10.5. The fourth-order valence-corrected chi connectivity index (χ4v) is 4.24. The van der Waals surface area contributed by atoms with Gasteiger partial charge in [0.25, 0.3) is 0 Å². The lowest BCUT2D eigenvalue weighted by Crippen LogP contribution is -2.52. The summed E-state index contributed by atoms with van der Waals surface area (Å²) < 4.78 is 0. The highest BCUT2D eigenvalue weighted by Gasteiger charge is 2.21. The van der Waals surface area contributed by atoms with Crippen LogP contribution in [0.25, 0.3) is 0 Å². The molecule has 2 aromatic rings. The van der Waals surface area contributed by atoms with E-state index in [2.05, 4.69) is 68.1 Å². The minimum Gasteiger partial charge on any atom is -0.372 e. The molecule has 166 valence electrons. The number of nitrogens with one attached hydrogen (secondary N) is 1. The maximum absolute atomic E-state index is 4.93. The van der Waals surface area contributed by atoms with Crippen LogP contribution in [0.15, 0.2) is 47.7 Å². The monoisotopic (exact) mass is 421 g/mol. The molecule has 4 rings (SSSR count). The number of guanidine groups is 1. The van der Waals surface area contributed by atoms with Gasteiger partial charge < -0.3 is 20.0 Å². The van der Waals surface area contributed by atoms with Crippen molar-refractivity contribution in [3.05, 3.63) is 48.3 Å². The fraction of sp³-hybridized carbons (Fsp3) is 0.542. The molecular weight excluding hydrogens is 386 g/mol. The van der Waals surface area contributed by atoms with Crippen molar-refractivity contribution in [1.29, 1.82) is 0 Å². The Morgan fingerprint density at radius 3 is 2.29 bits per heavy atom. The molecule has 0 unspecified atom stereocenters. The average molecular weight is 422 g/mol. The van der Waals surface area contributed by atoms with E-state index in [1.54, 1.807) is 12.4 Å². The van der Waals surface area contributed by atoms with E-state index in [1.807, 2.05) is 6.07 Å². The normalized spacial score (nSPS) is 18.4. The number of nitrogens with zero attached hydrogens (tertiary/aromatic N) is 6. The molecule has 0 spiro atoms. The SMILES string of the molecule is CCNC(=NCc1ccc(N2CCC(C)CC2)cc1)N1CCN(c2ncccn2)CC1. The molecule has 7 heteroatoms. The highest BCUT2D eigenvalue weighted by atomic mass is 15.4. The first-order valence-electron chi connectivity index (χ1n) is 11.6. The molecule has 0 radical (unpaired) electrons. The van der Waals surface area contributed by atoms with Crippen LogP contribution < -0.4 is 15.1 Å². The number of aliphatic imine (C=N–C) groups is 1. The van der Waals surface area contributed by atoms with Gasteiger partial charge in [0.1, 0.15) is 0 Å². The quantitative estimate of drug-likeness (QED) is 0.592. The Hall–Kier alpha value is -2.83. The summed E-state index contributed by atoms with van der Waals surface area (Å²) >= 11 is 0. The zero-order valence-electron chi connectivity index (χ0n) is 18.9. The minimum absolute atomic E-state index is 0.696. The largest absolute Gasteiger partial charge is 0.372 e. The first-order valence-corrected chi connectivity index (χ1v) is 11.6. The summed E-state index contributed by atoms with van der Waals surface area (Å²) in [7, 11) is 0. The van der Waals surface area contributed by atoms with Gasteiger partial charge in [0, 0.05) is 63.9 Å². The van der Waals surface area contributed by atoms with Crippen molar-refractivity contribution < 1.29 is 0 Å². The summed E-state index contributed by atoms with van der Waals surface area (Å²) in [6.07, 6.45) is 6.19. The molecule has 3 heterocycles. The third kappa shape index (κ3) is 5.66. The molecule has 0 atom stereocenters. The van der Waals surface area contributed by atoms with Gasteiger partial charge in [-0.1, -0.05) is 19.1 Å². The standard InChI is InChI=1S/C24H35N7/c1-3-25-23(30-15-17-31(18-16-30)24-26-11-4-12-27-24)28-19-21-5-7-22(8-6-21)29-13-9-20(2)10-14-29/h4-8,11-12,20H,3,9-10,13-19H2,1-2H3,(H,25,28). The number of hydrogen-bond donors (Lipinski definition) is 1. The molecule has 2 fully saturated rings. The van der Waals surface area contributed by atoms with Crippen LogP contribution >= 0.6 is 0 Å². The number of benzene rings is 1. The van der Waals surface area contributed by atoms with Gasteiger partial charge in [-0.3, -0.25) is 0 Å². The molecule has 31 heavy (non-hydrogen) atoms. The van der Waals surface area contributed by atoms with E-state index >= 15 is 0 Å². The highest BCUT2D eigenvalue weighted by Crippen LogP contribution is 2.23. The molecule has 0 amide bonds. The van der Waals surface area contributed by atoms with Crippen LogP contribution in [-0.4, -0.2) is 66.6 Å². The van der Waals surface area contributed by atoms with Crippen molar-refractivity contribution in [1.82, 2.24) is 20.2 Å². The summed E-state index contributed by atoms with van der Waals surface area (Å²) in [5.74, 6) is 2.66. The van der Waals surface area contributed by atoms with Crippen molar-refractivity contribution in [3.63, 3.8) is 0 Å². The lowest BCUT2D eigenvalue weighted by molar-refractivity contribution is 0.370. The zero-order valence-corrected chi connectivity index (χ0v) is 18.9. The molecule has 1 aromatic heterocycles. The van der Waals surface area contributed by atoms with Crippen LogP contribution in [0.1, 0.15) is 32.3 Å². The summed E-state index contributed by atoms with van der Waals surface area (Å²) in [6.45, 7) is 12.0. The summed E-state index contributed by atoms with van der Waals surface area (Å²) in [5.41, 5.74) is 2.59. The Bertz CT molecular complexity index is 821. The van der Waals surface area contributed by atoms with E-state index in [9.17, 15) is 0 Å². The Morgan fingerprint density at radius 1 is 0.968 bits per heavy atom. The van der Waals surface area contributed by atoms with Gasteiger partial charge in [-0.25, -0.2) is 15.0 Å². The topological polar surface area (TPSA) is 59.9 Å². The predicted octanol–water partition coefficient (Wildman–Crippen LogP) is 3.00. The van der Waals surface area contributed by atoms with Crippen molar-refractivity contribution in [2.75, 3.05) is 55.6 Å². The maximum Gasteiger partial charge on any atom is 0.225 e. The van der Waals surface area contributed by atoms with Gasteiger partial charge >= 0.3 is 0 Å². The number of piperazine rings is 1. The smallest absolute Gasteiger partial charge is 0.225 e. The van der Waals surface area contributed by atoms with E-state index in [-0.39, 0.29) is 0 Å². The molecule has 2 aliphatic rings. The van der Waals surface area contributed by atoms with E-state index in [1.165, 1.54) is 37.2 Å². The third-order valence-corrected chi connectivity index (χ3v) is 6.25. The molecule has 1 aromatic carbocycles. The molecule has 2 saturated heterocycles. The van der Waals surface area contributed by atoms with Crippen LogP contribution in [0.2, 0.25) is 0 Å². The first kappa shape index (κ1) is 21.4. The molecule has 0 aliphatic carbocycles. The predicted molar refractivity (Wildman–Crippen MR) is 128 cm³/mol. The van der Waals surface area contributed by atoms with Crippen LogP contribution in [0.5, 0.6) is 0 Å². The van der Waals surface area contributed by atoms with E-state index < -0.39 is 0 Å². The molecule has 7 nitrogen and oxygen atoms in total. The lowest BCUT2D eigenvalue weighted by atomic mass is 9.99. The van der Waals surface area contributed by atoms with Crippen molar-refractivity contribution in [2.24, 2.45) is 10.9 Å².